The molecule has 0 aliphatic rings. The minimum atomic E-state index is 0.531. The van der Waals surface area contributed by atoms with E-state index in [2.05, 4.69) is 17.6 Å². The molecule has 0 atom stereocenters. The quantitative estimate of drug-likeness (QED) is 0.554. The molecule has 0 saturated carbocycles. The van der Waals surface area contributed by atoms with Gasteiger partial charge in [0.1, 0.15) is 9.98 Å². The molecule has 0 amide bonds. The molecular formula is C14H12ClNS. The Kier molecular flexibility index (Phi) is 3.77. The van der Waals surface area contributed by atoms with Gasteiger partial charge >= 0.3 is 0 Å². The number of aromatic nitrogens is 1. The van der Waals surface area contributed by atoms with E-state index in [-0.39, 0.29) is 0 Å². The van der Waals surface area contributed by atoms with Crippen LogP contribution in [0.3, 0.4) is 0 Å². The summed E-state index contributed by atoms with van der Waals surface area (Å²) in [5.41, 5.74) is 1.10. The first-order valence-corrected chi connectivity index (χ1v) is 6.46. The van der Waals surface area contributed by atoms with Gasteiger partial charge in [0.2, 0.25) is 0 Å². The van der Waals surface area contributed by atoms with Gasteiger partial charge in [0.15, 0.2) is 0 Å². The Morgan fingerprint density at radius 1 is 1.47 bits per heavy atom. The summed E-state index contributed by atoms with van der Waals surface area (Å²) in [6.45, 7) is 5.83. The first-order valence-electron chi connectivity index (χ1n) is 5.26. The predicted molar refractivity (Wildman–Crippen MR) is 77.6 cm³/mol. The fraction of sp³-hybridized carbons (Fsp3) is 0.0714. The molecule has 0 radical (unpaired) electrons. The third kappa shape index (κ3) is 2.65. The van der Waals surface area contributed by atoms with Crippen molar-refractivity contribution in [2.45, 2.75) is 6.92 Å². The normalized spacial score (nSPS) is 12.5. The van der Waals surface area contributed by atoms with Crippen molar-refractivity contribution in [3.63, 3.8) is 0 Å². The lowest BCUT2D eigenvalue weighted by Crippen LogP contribution is -1.71. The van der Waals surface area contributed by atoms with Crippen molar-refractivity contribution in [1.82, 2.24) is 4.98 Å². The van der Waals surface area contributed by atoms with Crippen LogP contribution in [-0.2, 0) is 0 Å². The number of rotatable bonds is 3. The van der Waals surface area contributed by atoms with Gasteiger partial charge in [0.25, 0.3) is 0 Å². The summed E-state index contributed by atoms with van der Waals surface area (Å²) in [5, 5.41) is 1.64. The van der Waals surface area contributed by atoms with Gasteiger partial charge in [0.05, 0.1) is 0 Å². The zero-order valence-corrected chi connectivity index (χ0v) is 11.1. The maximum Gasteiger partial charge on any atom is 0.130 e. The lowest BCUT2D eigenvalue weighted by molar-refractivity contribution is 1.44. The molecular weight excluding hydrogens is 250 g/mol. The number of nitrogens with zero attached hydrogens (tertiary/aromatic N) is 1. The molecule has 2 aromatic heterocycles. The second kappa shape index (κ2) is 5.30. The van der Waals surface area contributed by atoms with Crippen LogP contribution >= 0.6 is 22.9 Å². The van der Waals surface area contributed by atoms with Gasteiger partial charge < -0.3 is 0 Å². The fourth-order valence-corrected chi connectivity index (χ4v) is 2.74. The fourth-order valence-electron chi connectivity index (χ4n) is 1.49. The molecule has 0 bridgehead atoms. The van der Waals surface area contributed by atoms with Crippen molar-refractivity contribution in [3.8, 4) is 0 Å². The number of fused-ring (bicyclic) bond motifs is 1. The minimum Gasteiger partial charge on any atom is -0.225 e. The molecule has 1 nitrogen and oxygen atoms in total. The predicted octanol–water partition coefficient (Wildman–Crippen LogP) is 5.10. The molecule has 0 aromatic carbocycles. The Hall–Kier alpha value is -1.38. The van der Waals surface area contributed by atoms with E-state index >= 15 is 0 Å². The first-order chi connectivity index (χ1) is 8.24. The van der Waals surface area contributed by atoms with E-state index in [0.29, 0.717) is 5.15 Å². The highest BCUT2D eigenvalue weighted by molar-refractivity contribution is 7.19. The lowest BCUT2D eigenvalue weighted by Gasteiger charge is -1.93. The van der Waals surface area contributed by atoms with Crippen molar-refractivity contribution in [3.05, 3.63) is 59.1 Å². The molecule has 3 heteroatoms. The lowest BCUT2D eigenvalue weighted by atomic mass is 10.2. The van der Waals surface area contributed by atoms with Crippen LogP contribution in [0.15, 0.2) is 49.1 Å². The monoisotopic (exact) mass is 261 g/mol. The van der Waals surface area contributed by atoms with Gasteiger partial charge in [-0.25, -0.2) is 4.98 Å². The van der Waals surface area contributed by atoms with E-state index in [0.717, 1.165) is 20.7 Å². The van der Waals surface area contributed by atoms with Gasteiger partial charge in [-0.2, -0.15) is 0 Å². The van der Waals surface area contributed by atoms with Gasteiger partial charge in [-0.15, -0.1) is 11.3 Å². The van der Waals surface area contributed by atoms with Crippen molar-refractivity contribution in [2.24, 2.45) is 0 Å². The molecule has 2 heterocycles. The van der Waals surface area contributed by atoms with E-state index in [1.165, 1.54) is 0 Å². The first kappa shape index (κ1) is 12.1. The molecule has 0 aliphatic carbocycles. The number of halogens is 1. The van der Waals surface area contributed by atoms with Crippen molar-refractivity contribution in [2.75, 3.05) is 0 Å². The Morgan fingerprint density at radius 2 is 2.29 bits per heavy atom. The standard InChI is InChI=1S/C14H12ClNS/c1-3-5-6-10(4-2)12-9-11-7-8-13(15)16-14(11)17-12/h3-9H,2H2,1H3/b5-3-,10-6+. The molecule has 0 saturated heterocycles. The SMILES string of the molecule is C=C/C(=C\C=C/C)c1cc2ccc(Cl)nc2s1. The van der Waals surface area contributed by atoms with Gasteiger partial charge in [-0.3, -0.25) is 0 Å². The smallest absolute Gasteiger partial charge is 0.130 e. The summed E-state index contributed by atoms with van der Waals surface area (Å²) in [6.07, 6.45) is 7.89. The summed E-state index contributed by atoms with van der Waals surface area (Å²) >= 11 is 7.50. The maximum absolute atomic E-state index is 5.87. The molecule has 2 aromatic rings. The summed E-state index contributed by atoms with van der Waals surface area (Å²) in [6, 6.07) is 5.91. The van der Waals surface area contributed by atoms with Crippen LogP contribution in [0.4, 0.5) is 0 Å². The third-order valence-corrected chi connectivity index (χ3v) is 3.63. The van der Waals surface area contributed by atoms with Crippen LogP contribution < -0.4 is 0 Å². The van der Waals surface area contributed by atoms with Crippen LogP contribution in [-0.4, -0.2) is 4.98 Å². The molecule has 0 aliphatic heterocycles. The number of thiophene rings is 1. The number of allylic oxidation sites excluding steroid dienone is 5. The van der Waals surface area contributed by atoms with Crippen LogP contribution in [0.2, 0.25) is 5.15 Å². The van der Waals surface area contributed by atoms with Gasteiger partial charge in [-0.1, -0.05) is 42.5 Å². The number of hydrogen-bond donors (Lipinski definition) is 0. The summed E-state index contributed by atoms with van der Waals surface area (Å²) in [7, 11) is 0. The summed E-state index contributed by atoms with van der Waals surface area (Å²) in [4.78, 5) is 6.41. The highest BCUT2D eigenvalue weighted by Crippen LogP contribution is 2.30. The minimum absolute atomic E-state index is 0.531. The van der Waals surface area contributed by atoms with Crippen LogP contribution in [0.5, 0.6) is 0 Å². The summed E-state index contributed by atoms with van der Waals surface area (Å²) in [5.74, 6) is 0. The Balaban J connectivity index is 2.51. The third-order valence-electron chi connectivity index (χ3n) is 2.32. The summed E-state index contributed by atoms with van der Waals surface area (Å²) < 4.78 is 0. The molecule has 0 fully saturated rings. The topological polar surface area (TPSA) is 12.9 Å². The number of pyridine rings is 1. The Bertz CT molecular complexity index is 608. The van der Waals surface area contributed by atoms with E-state index < -0.39 is 0 Å². The van der Waals surface area contributed by atoms with Crippen molar-refractivity contribution >= 4 is 38.7 Å². The molecule has 17 heavy (non-hydrogen) atoms. The van der Waals surface area contributed by atoms with E-state index in [1.54, 1.807) is 11.3 Å². The molecule has 0 spiro atoms. The van der Waals surface area contributed by atoms with Crippen molar-refractivity contribution < 1.29 is 0 Å². The van der Waals surface area contributed by atoms with E-state index in [1.807, 2.05) is 43.4 Å². The van der Waals surface area contributed by atoms with Crippen molar-refractivity contribution in [1.29, 1.82) is 0 Å². The zero-order valence-electron chi connectivity index (χ0n) is 9.48. The van der Waals surface area contributed by atoms with Gasteiger partial charge in [-0.05, 0) is 30.7 Å². The average molecular weight is 262 g/mol. The maximum atomic E-state index is 5.87. The number of hydrogen-bond acceptors (Lipinski definition) is 2. The molecule has 0 N–H and O–H groups in total. The molecule has 0 unspecified atom stereocenters. The Morgan fingerprint density at radius 3 is 3.00 bits per heavy atom. The second-order valence-electron chi connectivity index (χ2n) is 3.49. The highest BCUT2D eigenvalue weighted by Gasteiger charge is 2.05. The van der Waals surface area contributed by atoms with Gasteiger partial charge in [0, 0.05) is 10.3 Å². The average Bonchev–Trinajstić information content (AvgIpc) is 2.72. The van der Waals surface area contributed by atoms with Crippen LogP contribution in [0, 0.1) is 0 Å². The van der Waals surface area contributed by atoms with Crippen LogP contribution in [0.25, 0.3) is 15.8 Å². The molecule has 2 rings (SSSR count). The highest BCUT2D eigenvalue weighted by atomic mass is 35.5. The van der Waals surface area contributed by atoms with E-state index in [4.69, 9.17) is 11.6 Å². The van der Waals surface area contributed by atoms with Crippen LogP contribution in [0.1, 0.15) is 11.8 Å². The van der Waals surface area contributed by atoms with E-state index in [9.17, 15) is 0 Å². The molecule has 86 valence electrons. The Labute approximate surface area is 110 Å². The zero-order chi connectivity index (χ0) is 12.3. The largest absolute Gasteiger partial charge is 0.225 e. The second-order valence-corrected chi connectivity index (χ2v) is 4.91.